The molecule has 1 N–H and O–H groups in total. The lowest BCUT2D eigenvalue weighted by Crippen LogP contribution is -2.37. The summed E-state index contributed by atoms with van der Waals surface area (Å²) in [5, 5.41) is 3.12. The first-order valence-electron chi connectivity index (χ1n) is 4.01. The summed E-state index contributed by atoms with van der Waals surface area (Å²) in [6.45, 7) is 4.61. The van der Waals surface area contributed by atoms with Gasteiger partial charge in [0.25, 0.3) is 0 Å². The molecule has 11 heavy (non-hydrogen) atoms. The van der Waals surface area contributed by atoms with Crippen LogP contribution in [0, 0.1) is 0 Å². The van der Waals surface area contributed by atoms with Gasteiger partial charge in [0.2, 0.25) is 5.91 Å². The molecule has 0 aliphatic rings. The van der Waals surface area contributed by atoms with Crippen molar-refractivity contribution in [1.82, 2.24) is 10.2 Å². The molecule has 0 aromatic carbocycles. The summed E-state index contributed by atoms with van der Waals surface area (Å²) in [7, 11) is 3.53. The van der Waals surface area contributed by atoms with E-state index in [1.807, 2.05) is 0 Å². The summed E-state index contributed by atoms with van der Waals surface area (Å²) >= 11 is 0. The summed E-state index contributed by atoms with van der Waals surface area (Å²) in [6, 6.07) is 0.430. The molecule has 0 aromatic rings. The summed E-state index contributed by atoms with van der Waals surface area (Å²) in [5.41, 5.74) is 0. The zero-order chi connectivity index (χ0) is 8.85. The van der Waals surface area contributed by atoms with Crippen molar-refractivity contribution in [1.29, 1.82) is 0 Å². The van der Waals surface area contributed by atoms with Gasteiger partial charge in [-0.15, -0.1) is 0 Å². The van der Waals surface area contributed by atoms with Crippen LogP contribution in [0.1, 0.15) is 20.3 Å². The van der Waals surface area contributed by atoms with E-state index in [0.717, 1.165) is 6.42 Å². The number of carbonyl (C=O) groups is 1. The molecule has 1 atom stereocenters. The molecule has 0 unspecified atom stereocenters. The van der Waals surface area contributed by atoms with E-state index in [1.54, 1.807) is 19.0 Å². The minimum absolute atomic E-state index is 0.130. The van der Waals surface area contributed by atoms with Crippen LogP contribution in [0.2, 0.25) is 0 Å². The van der Waals surface area contributed by atoms with Crippen molar-refractivity contribution in [3.05, 3.63) is 0 Å². The molecule has 66 valence electrons. The quantitative estimate of drug-likeness (QED) is 0.644. The van der Waals surface area contributed by atoms with Gasteiger partial charge in [0.05, 0.1) is 6.54 Å². The zero-order valence-electron chi connectivity index (χ0n) is 7.85. The summed E-state index contributed by atoms with van der Waals surface area (Å²) in [6.07, 6.45) is 1.06. The molecule has 0 saturated heterocycles. The number of nitrogens with zero attached hydrogens (tertiary/aromatic N) is 1. The Hall–Kier alpha value is -0.570. The van der Waals surface area contributed by atoms with Crippen molar-refractivity contribution in [2.45, 2.75) is 26.3 Å². The van der Waals surface area contributed by atoms with Gasteiger partial charge in [0.1, 0.15) is 0 Å². The van der Waals surface area contributed by atoms with Crippen LogP contribution in [0.5, 0.6) is 0 Å². The van der Waals surface area contributed by atoms with Crippen LogP contribution >= 0.6 is 0 Å². The van der Waals surface area contributed by atoms with E-state index >= 15 is 0 Å². The highest BCUT2D eigenvalue weighted by Crippen LogP contribution is 1.86. The SMILES string of the molecule is CC[C@@H](C)NCC(=O)N(C)C. The fourth-order valence-corrected chi connectivity index (χ4v) is 0.564. The van der Waals surface area contributed by atoms with Gasteiger partial charge in [-0.3, -0.25) is 4.79 Å². The number of hydrogen-bond donors (Lipinski definition) is 1. The fraction of sp³-hybridized carbons (Fsp3) is 0.875. The predicted octanol–water partition coefficient (Wildman–Crippen LogP) is 0.463. The molecule has 1 amide bonds. The second-order valence-electron chi connectivity index (χ2n) is 2.98. The second-order valence-corrected chi connectivity index (χ2v) is 2.98. The molecule has 0 rings (SSSR count). The molecule has 0 bridgehead atoms. The first-order valence-corrected chi connectivity index (χ1v) is 4.01. The van der Waals surface area contributed by atoms with Crippen LogP contribution in [-0.4, -0.2) is 37.5 Å². The average molecular weight is 158 g/mol. The lowest BCUT2D eigenvalue weighted by molar-refractivity contribution is -0.127. The highest BCUT2D eigenvalue weighted by atomic mass is 16.2. The molecule has 0 heterocycles. The molecule has 0 spiro atoms. The van der Waals surface area contributed by atoms with Crippen molar-refractivity contribution in [2.75, 3.05) is 20.6 Å². The first kappa shape index (κ1) is 10.4. The van der Waals surface area contributed by atoms with Gasteiger partial charge >= 0.3 is 0 Å². The Morgan fingerprint density at radius 1 is 1.55 bits per heavy atom. The van der Waals surface area contributed by atoms with Gasteiger partial charge < -0.3 is 10.2 Å². The molecule has 3 nitrogen and oxygen atoms in total. The molecule has 3 heteroatoms. The summed E-state index contributed by atoms with van der Waals surface area (Å²) in [5.74, 6) is 0.130. The maximum absolute atomic E-state index is 11.0. The lowest BCUT2D eigenvalue weighted by atomic mass is 10.2. The number of amides is 1. The number of likely N-dealkylation sites (N-methyl/N-ethyl adjacent to an activating group) is 1. The van der Waals surface area contributed by atoms with E-state index in [4.69, 9.17) is 0 Å². The lowest BCUT2D eigenvalue weighted by Gasteiger charge is -2.14. The molecule has 0 aromatic heterocycles. The highest BCUT2D eigenvalue weighted by Gasteiger charge is 2.04. The largest absolute Gasteiger partial charge is 0.348 e. The molecular formula is C8H18N2O. The second kappa shape index (κ2) is 5.13. The third-order valence-electron chi connectivity index (χ3n) is 1.71. The third-order valence-corrected chi connectivity index (χ3v) is 1.71. The first-order chi connectivity index (χ1) is 5.07. The van der Waals surface area contributed by atoms with Crippen LogP contribution in [-0.2, 0) is 4.79 Å². The van der Waals surface area contributed by atoms with E-state index in [2.05, 4.69) is 19.2 Å². The van der Waals surface area contributed by atoms with Gasteiger partial charge in [-0.1, -0.05) is 6.92 Å². The summed E-state index contributed by atoms with van der Waals surface area (Å²) in [4.78, 5) is 12.6. The Kier molecular flexibility index (Phi) is 4.86. The molecule has 0 radical (unpaired) electrons. The fourth-order valence-electron chi connectivity index (χ4n) is 0.564. The Morgan fingerprint density at radius 2 is 2.09 bits per heavy atom. The van der Waals surface area contributed by atoms with Crippen LogP contribution in [0.3, 0.4) is 0 Å². The Labute approximate surface area is 68.8 Å². The van der Waals surface area contributed by atoms with Gasteiger partial charge in [-0.2, -0.15) is 0 Å². The molecular weight excluding hydrogens is 140 g/mol. The summed E-state index contributed by atoms with van der Waals surface area (Å²) < 4.78 is 0. The van der Waals surface area contributed by atoms with E-state index in [0.29, 0.717) is 12.6 Å². The Balaban J connectivity index is 3.46. The Bertz CT molecular complexity index is 123. The smallest absolute Gasteiger partial charge is 0.236 e. The standard InChI is InChI=1S/C8H18N2O/c1-5-7(2)9-6-8(11)10(3)4/h7,9H,5-6H2,1-4H3/t7-/m1/s1. The minimum Gasteiger partial charge on any atom is -0.348 e. The predicted molar refractivity (Wildman–Crippen MR) is 46.4 cm³/mol. The maximum atomic E-state index is 11.0. The van der Waals surface area contributed by atoms with Crippen LogP contribution < -0.4 is 5.32 Å². The van der Waals surface area contributed by atoms with E-state index in [1.165, 1.54) is 0 Å². The van der Waals surface area contributed by atoms with E-state index < -0.39 is 0 Å². The third kappa shape index (κ3) is 4.79. The molecule has 0 saturated carbocycles. The number of carbonyl (C=O) groups excluding carboxylic acids is 1. The highest BCUT2D eigenvalue weighted by molar-refractivity contribution is 5.77. The van der Waals surface area contributed by atoms with E-state index in [9.17, 15) is 4.79 Å². The van der Waals surface area contributed by atoms with Crippen molar-refractivity contribution in [3.8, 4) is 0 Å². The van der Waals surface area contributed by atoms with Crippen LogP contribution in [0.4, 0.5) is 0 Å². The van der Waals surface area contributed by atoms with Gasteiger partial charge in [-0.05, 0) is 13.3 Å². The Morgan fingerprint density at radius 3 is 2.45 bits per heavy atom. The zero-order valence-corrected chi connectivity index (χ0v) is 7.85. The number of rotatable bonds is 4. The minimum atomic E-state index is 0.130. The maximum Gasteiger partial charge on any atom is 0.236 e. The van der Waals surface area contributed by atoms with Gasteiger partial charge in [-0.25, -0.2) is 0 Å². The van der Waals surface area contributed by atoms with Gasteiger partial charge in [0.15, 0.2) is 0 Å². The van der Waals surface area contributed by atoms with Crippen molar-refractivity contribution in [2.24, 2.45) is 0 Å². The van der Waals surface area contributed by atoms with Crippen LogP contribution in [0.15, 0.2) is 0 Å². The number of hydrogen-bond acceptors (Lipinski definition) is 2. The average Bonchev–Trinajstić information content (AvgIpc) is 1.99. The van der Waals surface area contributed by atoms with Gasteiger partial charge in [0, 0.05) is 20.1 Å². The molecule has 0 fully saturated rings. The normalized spacial score (nSPS) is 12.7. The number of nitrogens with one attached hydrogen (secondary N) is 1. The van der Waals surface area contributed by atoms with Crippen molar-refractivity contribution >= 4 is 5.91 Å². The van der Waals surface area contributed by atoms with E-state index in [-0.39, 0.29) is 5.91 Å². The topological polar surface area (TPSA) is 32.3 Å². The van der Waals surface area contributed by atoms with Crippen molar-refractivity contribution < 1.29 is 4.79 Å². The van der Waals surface area contributed by atoms with Crippen molar-refractivity contribution in [3.63, 3.8) is 0 Å². The van der Waals surface area contributed by atoms with Crippen LogP contribution in [0.25, 0.3) is 0 Å². The molecule has 0 aliphatic carbocycles. The monoisotopic (exact) mass is 158 g/mol. The molecule has 0 aliphatic heterocycles.